The van der Waals surface area contributed by atoms with Gasteiger partial charge in [0.25, 0.3) is 0 Å². The fourth-order valence-corrected chi connectivity index (χ4v) is 11.1. The summed E-state index contributed by atoms with van der Waals surface area (Å²) in [4.78, 5) is 0. The third kappa shape index (κ3) is 5.31. The second kappa shape index (κ2) is 14.1. The molecule has 11 aromatic rings. The van der Waals surface area contributed by atoms with Crippen molar-refractivity contribution < 1.29 is 0 Å². The van der Waals surface area contributed by atoms with E-state index in [0.29, 0.717) is 0 Å². The highest BCUT2D eigenvalue weighted by Crippen LogP contribution is 2.56. The first-order chi connectivity index (χ1) is 31.3. The van der Waals surface area contributed by atoms with E-state index in [-0.39, 0.29) is 0 Å². The van der Waals surface area contributed by atoms with E-state index in [1.165, 1.54) is 105 Å². The molecule has 0 saturated heterocycles. The van der Waals surface area contributed by atoms with E-state index < -0.39 is 5.41 Å². The van der Waals surface area contributed by atoms with Crippen molar-refractivity contribution in [1.82, 2.24) is 9.13 Å². The molecule has 0 bridgehead atoms. The van der Waals surface area contributed by atoms with Crippen LogP contribution in [0.25, 0.3) is 88.4 Å². The number of allylic oxidation sites excluding steroid dienone is 4. The van der Waals surface area contributed by atoms with Gasteiger partial charge in [-0.15, -0.1) is 0 Å². The van der Waals surface area contributed by atoms with E-state index in [1.807, 2.05) is 0 Å². The first kappa shape index (κ1) is 35.8. The van der Waals surface area contributed by atoms with Crippen molar-refractivity contribution in [2.75, 3.05) is 0 Å². The van der Waals surface area contributed by atoms with Crippen LogP contribution < -0.4 is 0 Å². The number of para-hydroxylation sites is 1. The van der Waals surface area contributed by atoms with Crippen molar-refractivity contribution in [2.24, 2.45) is 0 Å². The average Bonchev–Trinajstić information content (AvgIpc) is 3.98. The summed E-state index contributed by atoms with van der Waals surface area (Å²) in [5.74, 6) is 0. The van der Waals surface area contributed by atoms with Gasteiger partial charge in [-0.05, 0) is 129 Å². The molecule has 0 aliphatic heterocycles. The SMILES string of the molecule is C1=CCCC(n2c3ccc(-c4ccc5c(c4)c4ccccc4n5-c4ccc(-c5ccccc5)cc4)cc3c3cc(C4(c5ccccc5)c5ccccc5-c5ccccc54)ccc32)=C1. The van der Waals surface area contributed by atoms with Crippen LogP contribution in [0.5, 0.6) is 0 Å². The van der Waals surface area contributed by atoms with Crippen LogP contribution in [-0.4, -0.2) is 9.13 Å². The van der Waals surface area contributed by atoms with Crippen LogP contribution in [-0.2, 0) is 5.41 Å². The second-order valence-electron chi connectivity index (χ2n) is 17.1. The van der Waals surface area contributed by atoms with Crippen LogP contribution in [0.4, 0.5) is 0 Å². The van der Waals surface area contributed by atoms with E-state index in [2.05, 4.69) is 240 Å². The van der Waals surface area contributed by atoms with E-state index in [4.69, 9.17) is 0 Å². The topological polar surface area (TPSA) is 9.86 Å². The van der Waals surface area contributed by atoms with Crippen molar-refractivity contribution in [1.29, 1.82) is 0 Å². The Morgan fingerprint density at radius 1 is 0.365 bits per heavy atom. The quantitative estimate of drug-likeness (QED) is 0.158. The number of rotatable bonds is 6. The Kier molecular flexibility index (Phi) is 7.98. The van der Waals surface area contributed by atoms with Crippen LogP contribution in [0.2, 0.25) is 0 Å². The summed E-state index contributed by atoms with van der Waals surface area (Å²) in [7, 11) is 0. The van der Waals surface area contributed by atoms with Crippen LogP contribution in [0.3, 0.4) is 0 Å². The molecule has 0 fully saturated rings. The molecule has 2 aliphatic rings. The molecule has 0 amide bonds. The molecular formula is C61H42N2. The third-order valence-electron chi connectivity index (χ3n) is 13.9. The largest absolute Gasteiger partial charge is 0.313 e. The summed E-state index contributed by atoms with van der Waals surface area (Å²) in [5.41, 5.74) is 19.6. The number of aromatic nitrogens is 2. The smallest absolute Gasteiger partial charge is 0.0713 e. The number of benzene rings is 9. The lowest BCUT2D eigenvalue weighted by Crippen LogP contribution is -2.28. The van der Waals surface area contributed by atoms with Gasteiger partial charge >= 0.3 is 0 Å². The molecular weight excluding hydrogens is 761 g/mol. The molecule has 0 spiro atoms. The maximum absolute atomic E-state index is 2.52. The molecule has 2 heterocycles. The summed E-state index contributed by atoms with van der Waals surface area (Å²) < 4.78 is 4.93. The van der Waals surface area contributed by atoms with Crippen molar-refractivity contribution in [3.8, 4) is 39.1 Å². The van der Waals surface area contributed by atoms with Gasteiger partial charge in [-0.2, -0.15) is 0 Å². The molecule has 9 aromatic carbocycles. The van der Waals surface area contributed by atoms with E-state index in [9.17, 15) is 0 Å². The normalized spacial score (nSPS) is 14.1. The zero-order chi connectivity index (χ0) is 41.5. The molecule has 0 radical (unpaired) electrons. The molecule has 0 atom stereocenters. The summed E-state index contributed by atoms with van der Waals surface area (Å²) in [6.07, 6.45) is 8.85. The van der Waals surface area contributed by atoms with Gasteiger partial charge in [0, 0.05) is 32.9 Å². The highest BCUT2D eigenvalue weighted by Gasteiger charge is 2.46. The Morgan fingerprint density at radius 3 is 1.57 bits per heavy atom. The van der Waals surface area contributed by atoms with Crippen LogP contribution in [0.15, 0.2) is 231 Å². The van der Waals surface area contributed by atoms with Crippen LogP contribution in [0, 0.1) is 0 Å². The number of hydrogen-bond donors (Lipinski definition) is 0. The Morgan fingerprint density at radius 2 is 0.889 bits per heavy atom. The predicted molar refractivity (Wildman–Crippen MR) is 265 cm³/mol. The van der Waals surface area contributed by atoms with Gasteiger partial charge in [0.15, 0.2) is 0 Å². The molecule has 2 aliphatic carbocycles. The van der Waals surface area contributed by atoms with Gasteiger partial charge in [-0.25, -0.2) is 0 Å². The minimum absolute atomic E-state index is 0.470. The molecule has 63 heavy (non-hydrogen) atoms. The average molecular weight is 803 g/mol. The minimum Gasteiger partial charge on any atom is -0.313 e. The van der Waals surface area contributed by atoms with Crippen molar-refractivity contribution >= 4 is 49.3 Å². The Hall–Kier alpha value is -7.94. The highest BCUT2D eigenvalue weighted by molar-refractivity contribution is 6.13. The van der Waals surface area contributed by atoms with Crippen LogP contribution >= 0.6 is 0 Å². The number of hydrogen-bond acceptors (Lipinski definition) is 0. The molecule has 13 rings (SSSR count). The number of nitrogens with zero attached hydrogens (tertiary/aromatic N) is 2. The zero-order valence-electron chi connectivity index (χ0n) is 34.7. The van der Waals surface area contributed by atoms with Gasteiger partial charge in [0.1, 0.15) is 0 Å². The first-order valence-electron chi connectivity index (χ1n) is 22.1. The first-order valence-corrected chi connectivity index (χ1v) is 22.1. The predicted octanol–water partition coefficient (Wildman–Crippen LogP) is 15.8. The second-order valence-corrected chi connectivity index (χ2v) is 17.1. The van der Waals surface area contributed by atoms with Gasteiger partial charge in [0.05, 0.1) is 27.5 Å². The molecule has 2 aromatic heterocycles. The summed E-state index contributed by atoms with van der Waals surface area (Å²) in [6.45, 7) is 0. The Balaban J connectivity index is 1.02. The molecule has 0 saturated carbocycles. The Bertz CT molecular complexity index is 3610. The molecule has 0 unspecified atom stereocenters. The number of fused-ring (bicyclic) bond motifs is 9. The van der Waals surface area contributed by atoms with Gasteiger partial charge in [-0.3, -0.25) is 0 Å². The van der Waals surface area contributed by atoms with E-state index in [0.717, 1.165) is 18.5 Å². The maximum atomic E-state index is 2.52. The third-order valence-corrected chi connectivity index (χ3v) is 13.9. The molecule has 2 heteroatoms. The van der Waals surface area contributed by atoms with Gasteiger partial charge in [0.2, 0.25) is 0 Å². The molecule has 296 valence electrons. The van der Waals surface area contributed by atoms with Crippen molar-refractivity contribution in [2.45, 2.75) is 18.3 Å². The summed E-state index contributed by atoms with van der Waals surface area (Å²) in [5, 5.41) is 5.05. The van der Waals surface area contributed by atoms with Crippen molar-refractivity contribution in [3.63, 3.8) is 0 Å². The summed E-state index contributed by atoms with van der Waals surface area (Å²) >= 11 is 0. The monoisotopic (exact) mass is 802 g/mol. The standard InChI is InChI=1S/C61H42N2/c1-4-16-41(17-5-1)42-28-33-48(34-29-42)63-57-27-15-12-24-51(57)52-38-43(30-35-58(52)63)44-31-36-59-53(39-44)54-40-46(32-37-60(54)62(59)47-20-8-3-9-21-47)61(45-18-6-2-7-19-45)55-25-13-10-22-49(55)50-23-11-14-26-56(50)61/h1-8,10-20,22-40H,9,21H2. The zero-order valence-corrected chi connectivity index (χ0v) is 34.7. The minimum atomic E-state index is -0.470. The summed E-state index contributed by atoms with van der Waals surface area (Å²) in [6, 6.07) is 79.1. The lowest BCUT2D eigenvalue weighted by Gasteiger charge is -2.34. The lowest BCUT2D eigenvalue weighted by molar-refractivity contribution is 0.770. The fourth-order valence-electron chi connectivity index (χ4n) is 11.1. The maximum Gasteiger partial charge on any atom is 0.0713 e. The van der Waals surface area contributed by atoms with Crippen molar-refractivity contribution in [3.05, 3.63) is 253 Å². The van der Waals surface area contributed by atoms with Crippen LogP contribution in [0.1, 0.15) is 35.1 Å². The van der Waals surface area contributed by atoms with Gasteiger partial charge < -0.3 is 9.13 Å². The van der Waals surface area contributed by atoms with Gasteiger partial charge in [-0.1, -0.05) is 170 Å². The lowest BCUT2D eigenvalue weighted by atomic mass is 9.67. The van der Waals surface area contributed by atoms with E-state index >= 15 is 0 Å². The molecule has 0 N–H and O–H groups in total. The fraction of sp³-hybridized carbons (Fsp3) is 0.0492. The molecule has 2 nitrogen and oxygen atoms in total. The Labute approximate surface area is 367 Å². The van der Waals surface area contributed by atoms with E-state index in [1.54, 1.807) is 0 Å². The highest BCUT2D eigenvalue weighted by atomic mass is 15.0.